The van der Waals surface area contributed by atoms with Crippen LogP contribution in [0, 0.1) is 13.8 Å². The largest absolute Gasteiger partial charge is 0.399 e. The molecule has 6 heteroatoms. The first-order valence-corrected chi connectivity index (χ1v) is 6.65. The van der Waals surface area contributed by atoms with Crippen molar-refractivity contribution in [3.8, 4) is 0 Å². The average molecular weight is 293 g/mol. The predicted octanol–water partition coefficient (Wildman–Crippen LogP) is 2.94. The lowest BCUT2D eigenvalue weighted by Crippen LogP contribution is -2.25. The maximum atomic E-state index is 12.2. The van der Waals surface area contributed by atoms with E-state index in [0.717, 1.165) is 11.4 Å². The minimum atomic E-state index is -0.446. The molecule has 1 aromatic carbocycles. The zero-order chi connectivity index (χ0) is 14.9. The summed E-state index contributed by atoms with van der Waals surface area (Å²) in [5.41, 5.74) is 8.46. The number of rotatable bonds is 3. The highest BCUT2D eigenvalue weighted by Gasteiger charge is 2.20. The van der Waals surface area contributed by atoms with Gasteiger partial charge >= 0.3 is 0 Å². The molecule has 1 amide bonds. The highest BCUT2D eigenvalue weighted by Crippen LogP contribution is 2.23. The lowest BCUT2D eigenvalue weighted by Gasteiger charge is -2.14. The summed E-state index contributed by atoms with van der Waals surface area (Å²) in [5.74, 6) is -0.156. The van der Waals surface area contributed by atoms with E-state index in [1.807, 2.05) is 13.8 Å². The molecule has 0 bridgehead atoms. The maximum Gasteiger partial charge on any atom is 0.248 e. The standard InChI is InChI=1S/C14H17ClN4O/c1-8-13(15)9(2)19(18-8)10(3)14(20)17-12-6-4-11(16)5-7-12/h4-7,10H,16H2,1-3H3,(H,17,20). The highest BCUT2D eigenvalue weighted by atomic mass is 35.5. The van der Waals surface area contributed by atoms with Gasteiger partial charge in [-0.2, -0.15) is 5.10 Å². The van der Waals surface area contributed by atoms with Crippen LogP contribution in [-0.2, 0) is 4.79 Å². The smallest absolute Gasteiger partial charge is 0.248 e. The van der Waals surface area contributed by atoms with E-state index in [0.29, 0.717) is 16.4 Å². The van der Waals surface area contributed by atoms with Crippen LogP contribution in [0.15, 0.2) is 24.3 Å². The molecule has 1 heterocycles. The number of benzene rings is 1. The Kier molecular flexibility index (Phi) is 3.99. The molecule has 0 aliphatic heterocycles. The molecule has 5 nitrogen and oxygen atoms in total. The number of aryl methyl sites for hydroxylation is 1. The van der Waals surface area contributed by atoms with Gasteiger partial charge in [-0.15, -0.1) is 0 Å². The lowest BCUT2D eigenvalue weighted by atomic mass is 10.2. The van der Waals surface area contributed by atoms with E-state index < -0.39 is 6.04 Å². The molecular formula is C14H17ClN4O. The Bertz CT molecular complexity index is 633. The van der Waals surface area contributed by atoms with Crippen LogP contribution in [0.3, 0.4) is 0 Å². The Labute approximate surface area is 122 Å². The van der Waals surface area contributed by atoms with Crippen molar-refractivity contribution in [2.45, 2.75) is 26.8 Å². The molecule has 0 saturated heterocycles. The predicted molar refractivity (Wildman–Crippen MR) is 80.9 cm³/mol. The summed E-state index contributed by atoms with van der Waals surface area (Å²) in [6.45, 7) is 5.44. The van der Waals surface area contributed by atoms with E-state index in [9.17, 15) is 4.79 Å². The molecule has 20 heavy (non-hydrogen) atoms. The molecule has 0 saturated carbocycles. The third kappa shape index (κ3) is 2.77. The van der Waals surface area contributed by atoms with Crippen molar-refractivity contribution in [3.05, 3.63) is 40.7 Å². The van der Waals surface area contributed by atoms with Crippen LogP contribution in [0.4, 0.5) is 11.4 Å². The number of nitrogen functional groups attached to an aromatic ring is 1. The topological polar surface area (TPSA) is 72.9 Å². The molecule has 0 fully saturated rings. The van der Waals surface area contributed by atoms with Gasteiger partial charge in [0, 0.05) is 11.4 Å². The van der Waals surface area contributed by atoms with Gasteiger partial charge in [0.15, 0.2) is 0 Å². The molecule has 2 aromatic rings. The second-order valence-electron chi connectivity index (χ2n) is 4.72. The Morgan fingerprint density at radius 1 is 1.35 bits per heavy atom. The van der Waals surface area contributed by atoms with Crippen molar-refractivity contribution < 1.29 is 4.79 Å². The lowest BCUT2D eigenvalue weighted by molar-refractivity contribution is -0.119. The summed E-state index contributed by atoms with van der Waals surface area (Å²) in [4.78, 5) is 12.2. The first-order valence-electron chi connectivity index (χ1n) is 6.27. The first kappa shape index (κ1) is 14.4. The molecule has 1 aromatic heterocycles. The summed E-state index contributed by atoms with van der Waals surface area (Å²) < 4.78 is 1.63. The van der Waals surface area contributed by atoms with Crippen molar-refractivity contribution in [2.75, 3.05) is 11.1 Å². The molecular weight excluding hydrogens is 276 g/mol. The quantitative estimate of drug-likeness (QED) is 0.854. The number of nitrogens with two attached hydrogens (primary N) is 1. The van der Waals surface area contributed by atoms with Crippen molar-refractivity contribution in [2.24, 2.45) is 0 Å². The molecule has 3 N–H and O–H groups in total. The summed E-state index contributed by atoms with van der Waals surface area (Å²) in [5, 5.41) is 7.71. The normalized spacial score (nSPS) is 12.2. The van der Waals surface area contributed by atoms with Crippen LogP contribution in [0.25, 0.3) is 0 Å². The zero-order valence-electron chi connectivity index (χ0n) is 11.6. The van der Waals surface area contributed by atoms with E-state index in [4.69, 9.17) is 17.3 Å². The van der Waals surface area contributed by atoms with Crippen molar-refractivity contribution in [3.63, 3.8) is 0 Å². The molecule has 0 aliphatic rings. The van der Waals surface area contributed by atoms with Crippen LogP contribution >= 0.6 is 11.6 Å². The zero-order valence-corrected chi connectivity index (χ0v) is 12.4. The molecule has 106 valence electrons. The minimum absolute atomic E-state index is 0.156. The van der Waals surface area contributed by atoms with E-state index >= 15 is 0 Å². The summed E-state index contributed by atoms with van der Waals surface area (Å²) >= 11 is 6.10. The van der Waals surface area contributed by atoms with Gasteiger partial charge in [-0.25, -0.2) is 0 Å². The fourth-order valence-electron chi connectivity index (χ4n) is 1.94. The summed E-state index contributed by atoms with van der Waals surface area (Å²) in [6.07, 6.45) is 0. The summed E-state index contributed by atoms with van der Waals surface area (Å²) in [6, 6.07) is 6.54. The molecule has 2 rings (SSSR count). The fourth-order valence-corrected chi connectivity index (χ4v) is 2.07. The first-order chi connectivity index (χ1) is 9.40. The van der Waals surface area contributed by atoms with Gasteiger partial charge in [0.2, 0.25) is 5.91 Å². The van der Waals surface area contributed by atoms with Crippen LogP contribution in [-0.4, -0.2) is 15.7 Å². The van der Waals surface area contributed by atoms with Gasteiger partial charge in [0.1, 0.15) is 6.04 Å². The van der Waals surface area contributed by atoms with E-state index in [1.165, 1.54) is 0 Å². The van der Waals surface area contributed by atoms with Crippen molar-refractivity contribution in [1.82, 2.24) is 9.78 Å². The van der Waals surface area contributed by atoms with Crippen LogP contribution in [0.5, 0.6) is 0 Å². The number of anilines is 2. The van der Waals surface area contributed by atoms with E-state index in [-0.39, 0.29) is 5.91 Å². The van der Waals surface area contributed by atoms with Gasteiger partial charge < -0.3 is 11.1 Å². The minimum Gasteiger partial charge on any atom is -0.399 e. The number of hydrogen-bond donors (Lipinski definition) is 2. The van der Waals surface area contributed by atoms with Gasteiger partial charge in [-0.1, -0.05) is 11.6 Å². The van der Waals surface area contributed by atoms with Gasteiger partial charge in [0.05, 0.1) is 16.4 Å². The number of amides is 1. The number of aromatic nitrogens is 2. The Balaban J connectivity index is 2.16. The Hall–Kier alpha value is -2.01. The number of nitrogens with zero attached hydrogens (tertiary/aromatic N) is 2. The van der Waals surface area contributed by atoms with Gasteiger partial charge in [-0.05, 0) is 45.0 Å². The molecule has 1 atom stereocenters. The third-order valence-corrected chi connectivity index (χ3v) is 3.71. The number of halogens is 1. The second kappa shape index (κ2) is 5.54. The van der Waals surface area contributed by atoms with E-state index in [2.05, 4.69) is 10.4 Å². The molecule has 0 aliphatic carbocycles. The van der Waals surface area contributed by atoms with Gasteiger partial charge in [0.25, 0.3) is 0 Å². The van der Waals surface area contributed by atoms with Gasteiger partial charge in [-0.3, -0.25) is 9.48 Å². The second-order valence-corrected chi connectivity index (χ2v) is 5.09. The SMILES string of the molecule is Cc1nn(C(C)C(=O)Nc2ccc(N)cc2)c(C)c1Cl. The average Bonchev–Trinajstić information content (AvgIpc) is 2.68. The third-order valence-electron chi connectivity index (χ3n) is 3.16. The maximum absolute atomic E-state index is 12.2. The number of carbonyl (C=O) groups excluding carboxylic acids is 1. The molecule has 0 radical (unpaired) electrons. The van der Waals surface area contributed by atoms with Crippen molar-refractivity contribution in [1.29, 1.82) is 0 Å². The van der Waals surface area contributed by atoms with E-state index in [1.54, 1.807) is 35.9 Å². The van der Waals surface area contributed by atoms with Crippen molar-refractivity contribution >= 4 is 28.9 Å². The van der Waals surface area contributed by atoms with Crippen LogP contribution < -0.4 is 11.1 Å². The number of hydrogen-bond acceptors (Lipinski definition) is 3. The number of nitrogens with one attached hydrogen (secondary N) is 1. The fraction of sp³-hybridized carbons (Fsp3) is 0.286. The monoisotopic (exact) mass is 292 g/mol. The Morgan fingerprint density at radius 3 is 2.45 bits per heavy atom. The van der Waals surface area contributed by atoms with Crippen LogP contribution in [0.2, 0.25) is 5.02 Å². The van der Waals surface area contributed by atoms with Crippen LogP contribution in [0.1, 0.15) is 24.4 Å². The Morgan fingerprint density at radius 2 is 1.95 bits per heavy atom. The molecule has 1 unspecified atom stereocenters. The summed E-state index contributed by atoms with van der Waals surface area (Å²) in [7, 11) is 0. The highest BCUT2D eigenvalue weighted by molar-refractivity contribution is 6.31. The molecule has 0 spiro atoms. The number of carbonyl (C=O) groups is 1.